The van der Waals surface area contributed by atoms with Crippen molar-refractivity contribution in [1.29, 1.82) is 0 Å². The number of nitrogens with one attached hydrogen (secondary N) is 2. The van der Waals surface area contributed by atoms with Crippen molar-refractivity contribution in [3.8, 4) is 0 Å². The lowest BCUT2D eigenvalue weighted by Crippen LogP contribution is -2.48. The van der Waals surface area contributed by atoms with E-state index in [1.54, 1.807) is 0 Å². The highest BCUT2D eigenvalue weighted by Crippen LogP contribution is 2.40. The third-order valence-electron chi connectivity index (χ3n) is 5.65. The first kappa shape index (κ1) is 18.0. The van der Waals surface area contributed by atoms with Crippen LogP contribution in [0.25, 0.3) is 16.5 Å². The van der Waals surface area contributed by atoms with Crippen LogP contribution in [0.5, 0.6) is 0 Å². The van der Waals surface area contributed by atoms with Crippen molar-refractivity contribution >= 4 is 34.3 Å². The van der Waals surface area contributed by atoms with Gasteiger partial charge < -0.3 is 25.6 Å². The van der Waals surface area contributed by atoms with Crippen LogP contribution in [0.15, 0.2) is 42.6 Å². The molecule has 9 nitrogen and oxygen atoms in total. The number of aromatic nitrogens is 1. The molecule has 9 heteroatoms. The topological polar surface area (TPSA) is 143 Å². The Morgan fingerprint density at radius 3 is 2.70 bits per heavy atom. The smallest absolute Gasteiger partial charge is 0.328 e. The molecule has 2 aromatic rings. The number of fused-ring (bicyclic) bond motifs is 2. The lowest BCUT2D eigenvalue weighted by atomic mass is 9.80. The van der Waals surface area contributed by atoms with Crippen LogP contribution < -0.4 is 5.32 Å². The van der Waals surface area contributed by atoms with Crippen LogP contribution in [-0.2, 0) is 20.8 Å². The molecule has 2 aliphatic rings. The SMILES string of the molecule is O=C(O)/C=C\C(=O)O.[2H]C([2H])([2H])C([2H])([2H])[C@@H](CO)NC(=O)[C@@H]1C=C2c3cccc4[nH]cc(c34)C[C@H]2N(C)C1. The Morgan fingerprint density at radius 2 is 2.06 bits per heavy atom. The standard InChI is InChI=1S/C20H25N3O2.C4H4O4/c1-3-14(11-24)22-20(25)13-7-16-15-5-4-6-17-19(15)12(9-21-17)8-18(16)23(2)10-13;5-3(6)1-2-4(7)8/h4-7,9,13-14,18,21,24H,3,8,10-11H2,1-2H3,(H,22,25);1-2H,(H,5,6)(H,7,8)/b;2-1-/t13-,14+,18-;/m1./s1/i1D3,3D2;. The second-order valence-corrected chi connectivity index (χ2v) is 7.83. The first-order valence-electron chi connectivity index (χ1n) is 12.7. The van der Waals surface area contributed by atoms with E-state index in [4.69, 9.17) is 17.1 Å². The fourth-order valence-corrected chi connectivity index (χ4v) is 4.16. The Labute approximate surface area is 198 Å². The summed E-state index contributed by atoms with van der Waals surface area (Å²) in [5.41, 5.74) is 4.40. The van der Waals surface area contributed by atoms with Crippen LogP contribution >= 0.6 is 0 Å². The van der Waals surface area contributed by atoms with Crippen LogP contribution in [-0.4, -0.2) is 75.3 Å². The van der Waals surface area contributed by atoms with Gasteiger partial charge in [-0.2, -0.15) is 0 Å². The first-order chi connectivity index (χ1) is 17.7. The summed E-state index contributed by atoms with van der Waals surface area (Å²) in [5.74, 6) is -3.59. The van der Waals surface area contributed by atoms with E-state index in [0.717, 1.165) is 28.5 Å². The molecule has 2 heterocycles. The molecule has 0 fully saturated rings. The van der Waals surface area contributed by atoms with Gasteiger partial charge in [-0.15, -0.1) is 0 Å². The summed E-state index contributed by atoms with van der Waals surface area (Å²) in [6, 6.07) is 4.63. The maximum atomic E-state index is 12.9. The van der Waals surface area contributed by atoms with E-state index in [-0.39, 0.29) is 6.04 Å². The Hall–Kier alpha value is -3.43. The van der Waals surface area contributed by atoms with Gasteiger partial charge in [0.1, 0.15) is 0 Å². The van der Waals surface area contributed by atoms with Crippen LogP contribution in [0.1, 0.15) is 31.2 Å². The van der Waals surface area contributed by atoms with Gasteiger partial charge in [-0.05, 0) is 42.6 Å². The highest BCUT2D eigenvalue weighted by molar-refractivity contribution is 5.99. The number of nitrogens with zero attached hydrogens (tertiary/aromatic N) is 1. The van der Waals surface area contributed by atoms with E-state index in [1.165, 1.54) is 5.56 Å². The third-order valence-corrected chi connectivity index (χ3v) is 5.65. The molecule has 1 aromatic carbocycles. The van der Waals surface area contributed by atoms with E-state index in [9.17, 15) is 19.5 Å². The summed E-state index contributed by atoms with van der Waals surface area (Å²) in [6.45, 7) is -3.35. The maximum Gasteiger partial charge on any atom is 0.328 e. The number of H-pyrrole nitrogens is 1. The molecule has 33 heavy (non-hydrogen) atoms. The van der Waals surface area contributed by atoms with Gasteiger partial charge >= 0.3 is 11.9 Å². The van der Waals surface area contributed by atoms with Gasteiger partial charge in [0, 0.05) is 48.7 Å². The molecule has 0 saturated heterocycles. The van der Waals surface area contributed by atoms with Crippen molar-refractivity contribution < 1.29 is 36.6 Å². The molecule has 0 spiro atoms. The van der Waals surface area contributed by atoms with E-state index in [2.05, 4.69) is 15.2 Å². The number of aliphatic hydroxyl groups excluding tert-OH is 1. The van der Waals surface area contributed by atoms with Gasteiger partial charge in [-0.25, -0.2) is 9.59 Å². The van der Waals surface area contributed by atoms with Crippen molar-refractivity contribution in [2.24, 2.45) is 5.92 Å². The largest absolute Gasteiger partial charge is 0.478 e. The zero-order valence-electron chi connectivity index (χ0n) is 22.9. The van der Waals surface area contributed by atoms with Gasteiger partial charge in [0.2, 0.25) is 5.91 Å². The predicted molar refractivity (Wildman–Crippen MR) is 124 cm³/mol. The molecule has 5 N–H and O–H groups in total. The second kappa shape index (κ2) is 10.5. The molecular weight excluding hydrogens is 426 g/mol. The molecule has 1 aliphatic carbocycles. The number of benzene rings is 1. The quantitative estimate of drug-likeness (QED) is 0.412. The highest BCUT2D eigenvalue weighted by atomic mass is 16.4. The summed E-state index contributed by atoms with van der Waals surface area (Å²) < 4.78 is 37.9. The number of aliphatic hydroxyl groups is 1. The van der Waals surface area contributed by atoms with Crippen LogP contribution in [0, 0.1) is 5.92 Å². The molecule has 0 unspecified atom stereocenters. The summed E-state index contributed by atoms with van der Waals surface area (Å²) in [5, 5.41) is 28.8. The highest BCUT2D eigenvalue weighted by Gasteiger charge is 2.35. The number of aliphatic carboxylic acids is 2. The number of amides is 1. The molecule has 0 bridgehead atoms. The second-order valence-electron chi connectivity index (χ2n) is 7.83. The lowest BCUT2D eigenvalue weighted by Gasteiger charge is -2.39. The number of rotatable bonds is 6. The van der Waals surface area contributed by atoms with Gasteiger partial charge in [0.25, 0.3) is 0 Å². The molecular formula is C24H29N3O6. The Kier molecular flexibility index (Phi) is 5.72. The molecule has 1 amide bonds. The van der Waals surface area contributed by atoms with Gasteiger partial charge in [-0.1, -0.05) is 25.1 Å². The van der Waals surface area contributed by atoms with Crippen molar-refractivity contribution in [2.45, 2.75) is 31.7 Å². The third kappa shape index (κ3) is 5.50. The normalized spacial score (nSPS) is 23.5. The van der Waals surface area contributed by atoms with E-state index in [0.29, 0.717) is 18.7 Å². The summed E-state index contributed by atoms with van der Waals surface area (Å²) in [4.78, 5) is 37.4. The fourth-order valence-electron chi connectivity index (χ4n) is 4.16. The van der Waals surface area contributed by atoms with Crippen LogP contribution in [0.2, 0.25) is 0 Å². The van der Waals surface area contributed by atoms with Gasteiger partial charge in [0.15, 0.2) is 0 Å². The van der Waals surface area contributed by atoms with Crippen molar-refractivity contribution in [2.75, 3.05) is 20.2 Å². The molecule has 176 valence electrons. The maximum absolute atomic E-state index is 12.9. The minimum absolute atomic E-state index is 0.130. The van der Waals surface area contributed by atoms with E-state index < -0.39 is 49.6 Å². The Morgan fingerprint density at radius 1 is 1.33 bits per heavy atom. The van der Waals surface area contributed by atoms with Gasteiger partial charge in [-0.3, -0.25) is 9.69 Å². The molecule has 1 aliphatic heterocycles. The summed E-state index contributed by atoms with van der Waals surface area (Å²) in [6.07, 6.45) is 3.13. The van der Waals surface area contributed by atoms with Gasteiger partial charge in [0.05, 0.1) is 18.6 Å². The Bertz CT molecular complexity index is 1270. The number of carbonyl (C=O) groups excluding carboxylic acids is 1. The number of hydrogen-bond donors (Lipinski definition) is 5. The number of carboxylic acid groups (broad SMARTS) is 2. The monoisotopic (exact) mass is 460 g/mol. The van der Waals surface area contributed by atoms with Crippen molar-refractivity contribution in [1.82, 2.24) is 15.2 Å². The first-order valence-corrected chi connectivity index (χ1v) is 10.2. The number of likely N-dealkylation sites (N-methyl/N-ethyl adjacent to an activating group) is 1. The molecule has 0 saturated carbocycles. The van der Waals surface area contributed by atoms with Crippen LogP contribution in [0.4, 0.5) is 0 Å². The minimum Gasteiger partial charge on any atom is -0.478 e. The van der Waals surface area contributed by atoms with E-state index >= 15 is 0 Å². The average Bonchev–Trinajstić information content (AvgIpc) is 3.25. The molecule has 3 atom stereocenters. The number of aromatic amines is 1. The molecule has 0 radical (unpaired) electrons. The fraction of sp³-hybridized carbons (Fsp3) is 0.375. The zero-order valence-corrected chi connectivity index (χ0v) is 17.9. The number of hydrogen-bond acceptors (Lipinski definition) is 5. The molecule has 1 aromatic heterocycles. The van der Waals surface area contributed by atoms with Crippen LogP contribution in [0.3, 0.4) is 0 Å². The van der Waals surface area contributed by atoms with E-state index in [1.807, 2.05) is 37.5 Å². The summed E-state index contributed by atoms with van der Waals surface area (Å²) in [7, 11) is 1.95. The number of carbonyl (C=O) groups is 3. The Balaban J connectivity index is 0.000000436. The minimum atomic E-state index is -2.97. The number of carboxylic acids is 2. The molecule has 4 rings (SSSR count). The van der Waals surface area contributed by atoms with Crippen molar-refractivity contribution in [3.63, 3.8) is 0 Å². The average molecular weight is 461 g/mol. The zero-order chi connectivity index (χ0) is 28.4. The summed E-state index contributed by atoms with van der Waals surface area (Å²) >= 11 is 0. The van der Waals surface area contributed by atoms with Crippen molar-refractivity contribution in [3.05, 3.63) is 53.8 Å². The predicted octanol–water partition coefficient (Wildman–Crippen LogP) is 1.64. The lowest BCUT2D eigenvalue weighted by molar-refractivity contribution is -0.134.